The Morgan fingerprint density at radius 2 is 1.75 bits per heavy atom. The van der Waals surface area contributed by atoms with E-state index in [0.29, 0.717) is 12.8 Å². The number of hydrogen-bond donors (Lipinski definition) is 3. The number of phosphoric ester groups is 1. The predicted molar refractivity (Wildman–Crippen MR) is 136 cm³/mol. The van der Waals surface area contributed by atoms with Crippen LogP contribution in [0.15, 0.2) is 72.4 Å². The van der Waals surface area contributed by atoms with Gasteiger partial charge in [-0.05, 0) is 43.7 Å². The van der Waals surface area contributed by atoms with E-state index in [2.05, 4.69) is 10.3 Å². The van der Waals surface area contributed by atoms with Crippen LogP contribution in [-0.2, 0) is 38.0 Å². The molecular weight excluding hydrogens is 503 g/mol. The minimum Gasteiger partial charge on any atom is -0.444 e. The Morgan fingerprint density at radius 3 is 2.36 bits per heavy atom. The van der Waals surface area contributed by atoms with Crippen molar-refractivity contribution in [1.29, 1.82) is 0 Å². The maximum absolute atomic E-state index is 12.7. The number of phosphoric acid groups is 1. The van der Waals surface area contributed by atoms with Crippen LogP contribution in [0.3, 0.4) is 0 Å². The molecule has 0 aliphatic heterocycles. The number of aromatic nitrogens is 1. The summed E-state index contributed by atoms with van der Waals surface area (Å²) >= 11 is 1.38. The fraction of sp³-hybridized carbons (Fsp3) is 0.360. The van der Waals surface area contributed by atoms with Gasteiger partial charge in [-0.25, -0.2) is 9.36 Å². The van der Waals surface area contributed by atoms with E-state index in [1.807, 2.05) is 60.7 Å². The normalized spacial score (nSPS) is 14.1. The quantitative estimate of drug-likeness (QED) is 0.198. The zero-order valence-electron chi connectivity index (χ0n) is 19.9. The molecule has 1 aromatic heterocycles. The lowest BCUT2D eigenvalue weighted by atomic mass is 9.96. The van der Waals surface area contributed by atoms with Gasteiger partial charge in [0, 0.05) is 6.20 Å². The van der Waals surface area contributed by atoms with E-state index in [4.69, 9.17) is 14.0 Å². The molecule has 0 spiro atoms. The van der Waals surface area contributed by atoms with Gasteiger partial charge in [-0.2, -0.15) is 0 Å². The fourth-order valence-corrected chi connectivity index (χ4v) is 4.71. The van der Waals surface area contributed by atoms with Gasteiger partial charge in [-0.3, -0.25) is 9.51 Å². The number of alkyl carbamates (subject to hydrolysis) is 1. The highest BCUT2D eigenvalue weighted by molar-refractivity contribution is 7.46. The number of carbonyl (C=O) groups is 1. The summed E-state index contributed by atoms with van der Waals surface area (Å²) in [5.41, 5.74) is 3.78. The van der Waals surface area contributed by atoms with Crippen LogP contribution in [0.1, 0.15) is 35.8 Å². The zero-order chi connectivity index (χ0) is 25.8. The number of benzene rings is 2. The van der Waals surface area contributed by atoms with Crippen LogP contribution in [0.4, 0.5) is 4.79 Å². The average Bonchev–Trinajstić information content (AvgIpc) is 3.36. The molecule has 3 rings (SSSR count). The average molecular weight is 535 g/mol. The van der Waals surface area contributed by atoms with Gasteiger partial charge in [-0.1, -0.05) is 60.7 Å². The summed E-state index contributed by atoms with van der Waals surface area (Å²) in [5, 5.41) is 2.89. The molecule has 3 atom stereocenters. The molecule has 0 bridgehead atoms. The van der Waals surface area contributed by atoms with Gasteiger partial charge < -0.3 is 24.6 Å². The van der Waals surface area contributed by atoms with E-state index < -0.39 is 32.4 Å². The molecule has 1 amide bonds. The van der Waals surface area contributed by atoms with Crippen molar-refractivity contribution in [2.24, 2.45) is 0 Å². The summed E-state index contributed by atoms with van der Waals surface area (Å²) in [6.45, 7) is 1.51. The smallest absolute Gasteiger partial charge is 0.444 e. The van der Waals surface area contributed by atoms with Gasteiger partial charge in [0.15, 0.2) is 6.29 Å². The van der Waals surface area contributed by atoms with Crippen molar-refractivity contribution in [3.8, 4) is 0 Å². The lowest BCUT2D eigenvalue weighted by molar-refractivity contribution is -0.128. The molecule has 0 radical (unpaired) electrons. The molecule has 0 aliphatic carbocycles. The van der Waals surface area contributed by atoms with Crippen molar-refractivity contribution in [3.05, 3.63) is 88.4 Å². The van der Waals surface area contributed by atoms with Gasteiger partial charge in [0.05, 0.1) is 22.5 Å². The molecule has 0 saturated carbocycles. The van der Waals surface area contributed by atoms with Crippen LogP contribution >= 0.6 is 19.2 Å². The highest BCUT2D eigenvalue weighted by Crippen LogP contribution is 2.38. The molecule has 36 heavy (non-hydrogen) atoms. The summed E-state index contributed by atoms with van der Waals surface area (Å²) in [7, 11) is -4.76. The Labute approximate surface area is 214 Å². The van der Waals surface area contributed by atoms with Crippen LogP contribution in [0.2, 0.25) is 0 Å². The van der Waals surface area contributed by atoms with E-state index in [0.717, 1.165) is 28.8 Å². The number of aryl methyl sites for hydroxylation is 1. The second-order valence-corrected chi connectivity index (χ2v) is 10.4. The molecule has 2 aromatic carbocycles. The predicted octanol–water partition coefficient (Wildman–Crippen LogP) is 4.84. The van der Waals surface area contributed by atoms with Crippen molar-refractivity contribution in [2.75, 3.05) is 0 Å². The van der Waals surface area contributed by atoms with Crippen molar-refractivity contribution in [2.45, 2.75) is 57.6 Å². The first kappa shape index (κ1) is 28.0. The topological polar surface area (TPSA) is 127 Å². The van der Waals surface area contributed by atoms with Crippen molar-refractivity contribution in [1.82, 2.24) is 10.3 Å². The lowest BCUT2D eigenvalue weighted by Gasteiger charge is -2.30. The van der Waals surface area contributed by atoms with Gasteiger partial charge in [-0.15, -0.1) is 11.3 Å². The molecular formula is C25H31N2O7PS. The minimum atomic E-state index is -4.76. The second kappa shape index (κ2) is 14.2. The largest absolute Gasteiger partial charge is 0.471 e. The molecule has 1 unspecified atom stereocenters. The zero-order valence-corrected chi connectivity index (χ0v) is 21.6. The van der Waals surface area contributed by atoms with Crippen LogP contribution in [0.25, 0.3) is 0 Å². The summed E-state index contributed by atoms with van der Waals surface area (Å²) in [6.07, 6.45) is 1.65. The molecule has 0 aliphatic rings. The van der Waals surface area contributed by atoms with E-state index in [9.17, 15) is 19.1 Å². The van der Waals surface area contributed by atoms with Crippen LogP contribution in [-0.4, -0.2) is 39.3 Å². The first-order chi connectivity index (χ1) is 17.3. The van der Waals surface area contributed by atoms with Gasteiger partial charge in [0.2, 0.25) is 0 Å². The van der Waals surface area contributed by atoms with Crippen molar-refractivity contribution >= 4 is 25.3 Å². The van der Waals surface area contributed by atoms with Crippen molar-refractivity contribution in [3.63, 3.8) is 0 Å². The Bertz CT molecular complexity index is 1080. The SMILES string of the molecule is CC(O[C@@H](CCCc1ccccc1)[C@H](Cc1ccccc1)NC(=O)OCc1cncs1)OP(=O)(O)O. The Kier molecular flexibility index (Phi) is 11.1. The van der Waals surface area contributed by atoms with Gasteiger partial charge in [0.1, 0.15) is 6.61 Å². The third-order valence-electron chi connectivity index (χ3n) is 5.33. The first-order valence-electron chi connectivity index (χ1n) is 11.6. The number of thiazole rings is 1. The molecule has 11 heteroatoms. The fourth-order valence-electron chi connectivity index (χ4n) is 3.77. The summed E-state index contributed by atoms with van der Waals surface area (Å²) in [6, 6.07) is 19.0. The number of nitrogens with zero attached hydrogens (tertiary/aromatic N) is 1. The van der Waals surface area contributed by atoms with Crippen molar-refractivity contribution < 1.29 is 33.1 Å². The maximum atomic E-state index is 12.7. The number of carbonyl (C=O) groups excluding carboxylic acids is 1. The highest BCUT2D eigenvalue weighted by Gasteiger charge is 2.29. The molecule has 3 aromatic rings. The monoisotopic (exact) mass is 534 g/mol. The van der Waals surface area contributed by atoms with E-state index >= 15 is 0 Å². The summed E-state index contributed by atoms with van der Waals surface area (Å²) in [5.74, 6) is 0. The third kappa shape index (κ3) is 10.6. The second-order valence-electron chi connectivity index (χ2n) is 8.20. The number of rotatable bonds is 14. The lowest BCUT2D eigenvalue weighted by Crippen LogP contribution is -2.47. The van der Waals surface area contributed by atoms with Crippen LogP contribution < -0.4 is 5.32 Å². The Balaban J connectivity index is 1.74. The van der Waals surface area contributed by atoms with Crippen LogP contribution in [0, 0.1) is 0 Å². The number of amides is 1. The van der Waals surface area contributed by atoms with E-state index in [1.54, 1.807) is 11.7 Å². The molecule has 194 valence electrons. The molecule has 1 heterocycles. The highest BCUT2D eigenvalue weighted by atomic mass is 32.1. The molecule has 0 saturated heterocycles. The third-order valence-corrected chi connectivity index (χ3v) is 6.65. The summed E-state index contributed by atoms with van der Waals surface area (Å²) in [4.78, 5) is 35.9. The standard InChI is InChI=1S/C25H31N2O7PS/c1-19(34-35(29,30)31)33-24(14-8-13-20-9-4-2-5-10-20)23(15-21-11-6-3-7-12-21)27-25(28)32-17-22-16-26-18-36-22/h2-7,9-12,16,18-19,23-24H,8,13-15,17H2,1H3,(H,27,28)(H2,29,30,31)/t19?,23-,24-/m0/s1. The van der Waals surface area contributed by atoms with Gasteiger partial charge >= 0.3 is 13.9 Å². The molecule has 9 nitrogen and oxygen atoms in total. The van der Waals surface area contributed by atoms with E-state index in [-0.39, 0.29) is 6.61 Å². The maximum Gasteiger partial charge on any atom is 0.471 e. The van der Waals surface area contributed by atoms with Crippen LogP contribution in [0.5, 0.6) is 0 Å². The molecule has 0 fully saturated rings. The number of ether oxygens (including phenoxy) is 2. The first-order valence-corrected chi connectivity index (χ1v) is 14.0. The Morgan fingerprint density at radius 1 is 1.08 bits per heavy atom. The minimum absolute atomic E-state index is 0.0891. The number of nitrogens with one attached hydrogen (secondary N) is 1. The number of hydrogen-bond acceptors (Lipinski definition) is 7. The molecule has 3 N–H and O–H groups in total. The van der Waals surface area contributed by atoms with Gasteiger partial charge in [0.25, 0.3) is 0 Å². The van der Waals surface area contributed by atoms with E-state index in [1.165, 1.54) is 18.3 Å². The summed E-state index contributed by atoms with van der Waals surface area (Å²) < 4.78 is 27.4. The Hall–Kier alpha value is -2.59.